The molecule has 2 fully saturated rings. The number of piperazine rings is 1. The summed E-state index contributed by atoms with van der Waals surface area (Å²) in [6.45, 7) is 10.0. The van der Waals surface area contributed by atoms with Gasteiger partial charge in [-0.2, -0.15) is 0 Å². The molecule has 7 heteroatoms. The molecule has 6 nitrogen and oxygen atoms in total. The Balaban J connectivity index is 1.58. The van der Waals surface area contributed by atoms with Gasteiger partial charge in [0, 0.05) is 44.0 Å². The van der Waals surface area contributed by atoms with Gasteiger partial charge in [-0.15, -0.1) is 0 Å². The van der Waals surface area contributed by atoms with E-state index in [4.69, 9.17) is 0 Å². The molecule has 2 atom stereocenters. The van der Waals surface area contributed by atoms with Gasteiger partial charge in [0.15, 0.2) is 9.84 Å². The van der Waals surface area contributed by atoms with Gasteiger partial charge < -0.3 is 9.80 Å². The maximum Gasteiger partial charge on any atom is 0.237 e. The van der Waals surface area contributed by atoms with Crippen LogP contribution < -0.4 is 4.90 Å². The Morgan fingerprint density at radius 3 is 2.54 bits per heavy atom. The molecule has 0 radical (unpaired) electrons. The Morgan fingerprint density at radius 1 is 1.25 bits per heavy atom. The van der Waals surface area contributed by atoms with Crippen LogP contribution in [-0.2, 0) is 14.6 Å². The van der Waals surface area contributed by atoms with Crippen LogP contribution in [0.25, 0.3) is 0 Å². The van der Waals surface area contributed by atoms with Gasteiger partial charge in [0.1, 0.15) is 0 Å². The van der Waals surface area contributed by atoms with Crippen LogP contribution in [0.1, 0.15) is 32.3 Å². The summed E-state index contributed by atoms with van der Waals surface area (Å²) in [5, 5.41) is 0. The van der Waals surface area contributed by atoms with E-state index in [1.54, 1.807) is 0 Å². The summed E-state index contributed by atoms with van der Waals surface area (Å²) >= 11 is 0. The molecule has 0 aromatic heterocycles. The maximum absolute atomic E-state index is 13.1. The highest BCUT2D eigenvalue weighted by Crippen LogP contribution is 2.22. The highest BCUT2D eigenvalue weighted by atomic mass is 32.2. The van der Waals surface area contributed by atoms with E-state index in [2.05, 4.69) is 47.9 Å². The number of anilines is 1. The van der Waals surface area contributed by atoms with Crippen LogP contribution in [0.3, 0.4) is 0 Å². The SMILES string of the molecule is CC[C@H](C)N(C(=O)CN1CCN(c2cccc(C)c2)CC1)[C@H]1CCS(=O)(=O)C1. The lowest BCUT2D eigenvalue weighted by Gasteiger charge is -2.39. The van der Waals surface area contributed by atoms with E-state index in [1.165, 1.54) is 11.3 Å². The lowest BCUT2D eigenvalue weighted by Crippen LogP contribution is -2.53. The van der Waals surface area contributed by atoms with Gasteiger partial charge >= 0.3 is 0 Å². The molecule has 3 rings (SSSR count). The van der Waals surface area contributed by atoms with E-state index >= 15 is 0 Å². The zero-order valence-corrected chi connectivity index (χ0v) is 18.1. The first-order valence-corrected chi connectivity index (χ1v) is 12.2. The number of benzene rings is 1. The first kappa shape index (κ1) is 21.1. The molecule has 2 heterocycles. The summed E-state index contributed by atoms with van der Waals surface area (Å²) in [6.07, 6.45) is 1.41. The normalized spacial score (nSPS) is 23.5. The smallest absolute Gasteiger partial charge is 0.237 e. The average Bonchev–Trinajstić information content (AvgIpc) is 3.01. The number of carbonyl (C=O) groups is 1. The molecule has 0 bridgehead atoms. The molecule has 0 spiro atoms. The fourth-order valence-electron chi connectivity index (χ4n) is 4.26. The molecule has 0 aliphatic carbocycles. The first-order chi connectivity index (χ1) is 13.3. The summed E-state index contributed by atoms with van der Waals surface area (Å²) in [6, 6.07) is 8.43. The molecule has 2 saturated heterocycles. The van der Waals surface area contributed by atoms with Gasteiger partial charge in [-0.3, -0.25) is 9.69 Å². The number of hydrogen-bond donors (Lipinski definition) is 0. The second-order valence-electron chi connectivity index (χ2n) is 8.22. The fourth-order valence-corrected chi connectivity index (χ4v) is 5.97. The molecule has 1 amide bonds. The van der Waals surface area contributed by atoms with Crippen molar-refractivity contribution < 1.29 is 13.2 Å². The van der Waals surface area contributed by atoms with Crippen LogP contribution in [0, 0.1) is 6.92 Å². The molecule has 2 aliphatic rings. The van der Waals surface area contributed by atoms with E-state index in [-0.39, 0.29) is 29.5 Å². The summed E-state index contributed by atoms with van der Waals surface area (Å²) in [5.74, 6) is 0.387. The van der Waals surface area contributed by atoms with Crippen LogP contribution in [-0.4, -0.2) is 80.4 Å². The third-order valence-corrected chi connectivity index (χ3v) is 7.80. The number of rotatable bonds is 6. The molecule has 1 aromatic rings. The number of sulfone groups is 1. The maximum atomic E-state index is 13.1. The highest BCUT2D eigenvalue weighted by molar-refractivity contribution is 7.91. The van der Waals surface area contributed by atoms with Crippen molar-refractivity contribution in [3.05, 3.63) is 29.8 Å². The quantitative estimate of drug-likeness (QED) is 0.721. The van der Waals surface area contributed by atoms with Crippen molar-refractivity contribution in [1.82, 2.24) is 9.80 Å². The third-order valence-electron chi connectivity index (χ3n) is 6.05. The summed E-state index contributed by atoms with van der Waals surface area (Å²) in [5.41, 5.74) is 2.49. The second-order valence-corrected chi connectivity index (χ2v) is 10.4. The van der Waals surface area contributed by atoms with Crippen molar-refractivity contribution in [3.63, 3.8) is 0 Å². The van der Waals surface area contributed by atoms with Crippen LogP contribution in [0.2, 0.25) is 0 Å². The van der Waals surface area contributed by atoms with Crippen molar-refractivity contribution in [2.24, 2.45) is 0 Å². The van der Waals surface area contributed by atoms with E-state index in [9.17, 15) is 13.2 Å². The summed E-state index contributed by atoms with van der Waals surface area (Å²) in [7, 11) is -3.00. The van der Waals surface area contributed by atoms with E-state index in [1.807, 2.05) is 11.8 Å². The Morgan fingerprint density at radius 2 is 1.96 bits per heavy atom. The Kier molecular flexibility index (Phi) is 6.65. The lowest BCUT2D eigenvalue weighted by molar-refractivity contribution is -0.136. The van der Waals surface area contributed by atoms with Crippen molar-refractivity contribution in [3.8, 4) is 0 Å². The number of hydrogen-bond acceptors (Lipinski definition) is 5. The summed E-state index contributed by atoms with van der Waals surface area (Å²) in [4.78, 5) is 19.5. The number of aryl methyl sites for hydroxylation is 1. The molecule has 0 saturated carbocycles. The Hall–Kier alpha value is -1.60. The predicted molar refractivity (Wildman–Crippen MR) is 113 cm³/mol. The van der Waals surface area contributed by atoms with Gasteiger partial charge in [-0.05, 0) is 44.4 Å². The first-order valence-electron chi connectivity index (χ1n) is 10.3. The average molecular weight is 408 g/mol. The minimum absolute atomic E-state index is 0.0689. The lowest BCUT2D eigenvalue weighted by atomic mass is 10.1. The van der Waals surface area contributed by atoms with Crippen molar-refractivity contribution in [2.45, 2.75) is 45.7 Å². The largest absolute Gasteiger partial charge is 0.369 e. The topological polar surface area (TPSA) is 60.9 Å². The van der Waals surface area contributed by atoms with Gasteiger partial charge in [0.25, 0.3) is 0 Å². The zero-order valence-electron chi connectivity index (χ0n) is 17.3. The molecule has 156 valence electrons. The van der Waals surface area contributed by atoms with Crippen LogP contribution >= 0.6 is 0 Å². The van der Waals surface area contributed by atoms with Gasteiger partial charge in [-0.25, -0.2) is 8.42 Å². The zero-order chi connectivity index (χ0) is 20.3. The molecular weight excluding hydrogens is 374 g/mol. The molecule has 1 aromatic carbocycles. The van der Waals surface area contributed by atoms with Gasteiger partial charge in [0.2, 0.25) is 5.91 Å². The standard InChI is InChI=1S/C21H33N3O3S/c1-4-18(3)24(20-8-13-28(26,27)16-20)21(25)15-22-9-11-23(12-10-22)19-7-5-6-17(2)14-19/h5-7,14,18,20H,4,8-13,15-16H2,1-3H3/t18-,20-/m0/s1. The molecule has 0 N–H and O–H groups in total. The number of carbonyl (C=O) groups excluding carboxylic acids is 1. The van der Waals surface area contributed by atoms with Gasteiger partial charge in [0.05, 0.1) is 18.1 Å². The van der Waals surface area contributed by atoms with Crippen molar-refractivity contribution in [1.29, 1.82) is 0 Å². The molecule has 0 unspecified atom stereocenters. The predicted octanol–water partition coefficient (Wildman–Crippen LogP) is 1.93. The second kappa shape index (κ2) is 8.82. The van der Waals surface area contributed by atoms with E-state index in [0.29, 0.717) is 13.0 Å². The van der Waals surface area contributed by atoms with Crippen LogP contribution in [0.4, 0.5) is 5.69 Å². The van der Waals surface area contributed by atoms with E-state index < -0.39 is 9.84 Å². The molecular formula is C21H33N3O3S. The number of amides is 1. The minimum atomic E-state index is -3.00. The summed E-state index contributed by atoms with van der Waals surface area (Å²) < 4.78 is 23.8. The van der Waals surface area contributed by atoms with Crippen LogP contribution in [0.5, 0.6) is 0 Å². The third kappa shape index (κ3) is 5.06. The minimum Gasteiger partial charge on any atom is -0.369 e. The highest BCUT2D eigenvalue weighted by Gasteiger charge is 2.37. The number of nitrogens with zero attached hydrogens (tertiary/aromatic N) is 3. The Labute approximate surface area is 169 Å². The Bertz CT molecular complexity index is 788. The van der Waals surface area contributed by atoms with E-state index in [0.717, 1.165) is 32.6 Å². The van der Waals surface area contributed by atoms with Crippen molar-refractivity contribution in [2.75, 3.05) is 49.1 Å². The van der Waals surface area contributed by atoms with Gasteiger partial charge in [-0.1, -0.05) is 19.1 Å². The van der Waals surface area contributed by atoms with Crippen molar-refractivity contribution >= 4 is 21.4 Å². The molecule has 2 aliphatic heterocycles. The van der Waals surface area contributed by atoms with Crippen LogP contribution in [0.15, 0.2) is 24.3 Å². The fraction of sp³-hybridized carbons (Fsp3) is 0.667. The monoisotopic (exact) mass is 407 g/mol. The molecule has 28 heavy (non-hydrogen) atoms.